The molecule has 2 rings (SSSR count). The van der Waals surface area contributed by atoms with E-state index in [2.05, 4.69) is 17.1 Å². The van der Waals surface area contributed by atoms with Crippen molar-refractivity contribution < 1.29 is 9.53 Å². The molecule has 0 aliphatic carbocycles. The van der Waals surface area contributed by atoms with Crippen molar-refractivity contribution in [1.29, 1.82) is 0 Å². The zero-order valence-electron chi connectivity index (χ0n) is 12.4. The zero-order valence-corrected chi connectivity index (χ0v) is 12.4. The third-order valence-electron chi connectivity index (χ3n) is 3.60. The van der Waals surface area contributed by atoms with Crippen molar-refractivity contribution in [2.45, 2.75) is 32.7 Å². The van der Waals surface area contributed by atoms with Gasteiger partial charge in [-0.15, -0.1) is 0 Å². The lowest BCUT2D eigenvalue weighted by molar-refractivity contribution is 0.0938. The normalized spacial score (nSPS) is 16.8. The first kappa shape index (κ1) is 14.9. The number of benzene rings is 1. The molecule has 1 atom stereocenters. The summed E-state index contributed by atoms with van der Waals surface area (Å²) in [5, 5.41) is 3.02. The topological polar surface area (TPSA) is 41.6 Å². The van der Waals surface area contributed by atoms with Crippen LogP contribution in [0.1, 0.15) is 37.0 Å². The average Bonchev–Trinajstić information content (AvgIpc) is 2.48. The lowest BCUT2D eigenvalue weighted by atomic mass is 10.1. The molecule has 1 aromatic rings. The SMILES string of the molecule is CCC[C@@H](C)NC(=O)c1ccc(N2CCOCC2)cc1. The summed E-state index contributed by atoms with van der Waals surface area (Å²) in [6, 6.07) is 8.07. The van der Waals surface area contributed by atoms with Crippen LogP contribution >= 0.6 is 0 Å². The van der Waals surface area contributed by atoms with Crippen LogP contribution < -0.4 is 10.2 Å². The Morgan fingerprint density at radius 2 is 1.95 bits per heavy atom. The Kier molecular flexibility index (Phi) is 5.41. The maximum Gasteiger partial charge on any atom is 0.251 e. The summed E-state index contributed by atoms with van der Waals surface area (Å²) < 4.78 is 5.34. The highest BCUT2D eigenvalue weighted by molar-refractivity contribution is 5.94. The van der Waals surface area contributed by atoms with Gasteiger partial charge in [0.25, 0.3) is 5.91 Å². The number of carbonyl (C=O) groups is 1. The number of morpholine rings is 1. The number of rotatable bonds is 5. The Labute approximate surface area is 121 Å². The van der Waals surface area contributed by atoms with E-state index in [0.717, 1.165) is 50.4 Å². The van der Waals surface area contributed by atoms with Crippen LogP contribution in [-0.4, -0.2) is 38.3 Å². The van der Waals surface area contributed by atoms with Crippen LogP contribution in [0.25, 0.3) is 0 Å². The molecule has 20 heavy (non-hydrogen) atoms. The molecular formula is C16H24N2O2. The van der Waals surface area contributed by atoms with Crippen LogP contribution in [0.2, 0.25) is 0 Å². The molecule has 1 N–H and O–H groups in total. The zero-order chi connectivity index (χ0) is 14.4. The number of ether oxygens (including phenoxy) is 1. The Hall–Kier alpha value is -1.55. The van der Waals surface area contributed by atoms with E-state index in [1.54, 1.807) is 0 Å². The Bertz CT molecular complexity index is 425. The summed E-state index contributed by atoms with van der Waals surface area (Å²) in [6.07, 6.45) is 2.09. The van der Waals surface area contributed by atoms with Crippen LogP contribution in [0.3, 0.4) is 0 Å². The smallest absolute Gasteiger partial charge is 0.251 e. The molecule has 0 radical (unpaired) electrons. The van der Waals surface area contributed by atoms with Crippen LogP contribution in [0.4, 0.5) is 5.69 Å². The van der Waals surface area contributed by atoms with E-state index in [-0.39, 0.29) is 11.9 Å². The molecule has 0 spiro atoms. The Morgan fingerprint density at radius 3 is 2.55 bits per heavy atom. The fourth-order valence-electron chi connectivity index (χ4n) is 2.46. The summed E-state index contributed by atoms with van der Waals surface area (Å²) >= 11 is 0. The number of hydrogen-bond acceptors (Lipinski definition) is 3. The van der Waals surface area contributed by atoms with Crippen molar-refractivity contribution >= 4 is 11.6 Å². The third kappa shape index (κ3) is 3.97. The average molecular weight is 276 g/mol. The van der Waals surface area contributed by atoms with E-state index in [1.807, 2.05) is 31.2 Å². The summed E-state index contributed by atoms with van der Waals surface area (Å²) in [5.74, 6) is 0.0134. The van der Waals surface area contributed by atoms with Crippen molar-refractivity contribution in [2.75, 3.05) is 31.2 Å². The number of nitrogens with one attached hydrogen (secondary N) is 1. The quantitative estimate of drug-likeness (QED) is 0.898. The van der Waals surface area contributed by atoms with Gasteiger partial charge in [-0.25, -0.2) is 0 Å². The van der Waals surface area contributed by atoms with E-state index in [0.29, 0.717) is 0 Å². The molecule has 1 aliphatic rings. The van der Waals surface area contributed by atoms with Crippen molar-refractivity contribution in [3.8, 4) is 0 Å². The lowest BCUT2D eigenvalue weighted by Gasteiger charge is -2.28. The van der Waals surface area contributed by atoms with Gasteiger partial charge in [-0.2, -0.15) is 0 Å². The maximum atomic E-state index is 12.1. The van der Waals surface area contributed by atoms with Crippen LogP contribution in [0.15, 0.2) is 24.3 Å². The summed E-state index contributed by atoms with van der Waals surface area (Å²) in [6.45, 7) is 7.55. The molecule has 110 valence electrons. The monoisotopic (exact) mass is 276 g/mol. The van der Waals surface area contributed by atoms with Crippen molar-refractivity contribution in [3.05, 3.63) is 29.8 Å². The summed E-state index contributed by atoms with van der Waals surface area (Å²) in [4.78, 5) is 14.4. The molecule has 1 heterocycles. The maximum absolute atomic E-state index is 12.1. The number of nitrogens with zero attached hydrogens (tertiary/aromatic N) is 1. The number of carbonyl (C=O) groups excluding carboxylic acids is 1. The molecule has 0 bridgehead atoms. The highest BCUT2D eigenvalue weighted by Crippen LogP contribution is 2.16. The van der Waals surface area contributed by atoms with Gasteiger partial charge in [0.05, 0.1) is 13.2 Å². The van der Waals surface area contributed by atoms with Gasteiger partial charge in [0.1, 0.15) is 0 Å². The van der Waals surface area contributed by atoms with Gasteiger partial charge in [0.15, 0.2) is 0 Å². The predicted octanol–water partition coefficient (Wildman–Crippen LogP) is 2.44. The molecule has 0 unspecified atom stereocenters. The minimum Gasteiger partial charge on any atom is -0.378 e. The lowest BCUT2D eigenvalue weighted by Crippen LogP contribution is -2.36. The summed E-state index contributed by atoms with van der Waals surface area (Å²) in [5.41, 5.74) is 1.89. The second-order valence-electron chi connectivity index (χ2n) is 5.31. The summed E-state index contributed by atoms with van der Waals surface area (Å²) in [7, 11) is 0. The molecule has 4 nitrogen and oxygen atoms in total. The van der Waals surface area contributed by atoms with Gasteiger partial charge in [-0.05, 0) is 37.6 Å². The molecule has 1 saturated heterocycles. The molecule has 1 aliphatic heterocycles. The number of hydrogen-bond donors (Lipinski definition) is 1. The van der Waals surface area contributed by atoms with Gasteiger partial charge in [0, 0.05) is 30.4 Å². The van der Waals surface area contributed by atoms with E-state index in [1.165, 1.54) is 0 Å². The van der Waals surface area contributed by atoms with E-state index >= 15 is 0 Å². The van der Waals surface area contributed by atoms with Gasteiger partial charge >= 0.3 is 0 Å². The third-order valence-corrected chi connectivity index (χ3v) is 3.60. The number of anilines is 1. The van der Waals surface area contributed by atoms with Gasteiger partial charge in [-0.3, -0.25) is 4.79 Å². The molecule has 4 heteroatoms. The van der Waals surface area contributed by atoms with E-state index < -0.39 is 0 Å². The fourth-order valence-corrected chi connectivity index (χ4v) is 2.46. The highest BCUT2D eigenvalue weighted by Gasteiger charge is 2.13. The Morgan fingerprint density at radius 1 is 1.30 bits per heavy atom. The molecule has 0 aromatic heterocycles. The molecule has 1 fully saturated rings. The van der Waals surface area contributed by atoms with Crippen molar-refractivity contribution in [3.63, 3.8) is 0 Å². The van der Waals surface area contributed by atoms with Crippen molar-refractivity contribution in [2.24, 2.45) is 0 Å². The molecule has 1 amide bonds. The standard InChI is InChI=1S/C16H24N2O2/c1-3-4-13(2)17-16(19)14-5-7-15(8-6-14)18-9-11-20-12-10-18/h5-8,13H,3-4,9-12H2,1-2H3,(H,17,19)/t13-/m1/s1. The molecule has 1 aromatic carbocycles. The molecular weight excluding hydrogens is 252 g/mol. The number of amides is 1. The first-order chi connectivity index (χ1) is 9.70. The second-order valence-corrected chi connectivity index (χ2v) is 5.31. The van der Waals surface area contributed by atoms with Crippen LogP contribution in [-0.2, 0) is 4.74 Å². The Balaban J connectivity index is 1.95. The fraction of sp³-hybridized carbons (Fsp3) is 0.562. The van der Waals surface area contributed by atoms with E-state index in [9.17, 15) is 4.79 Å². The van der Waals surface area contributed by atoms with Crippen LogP contribution in [0.5, 0.6) is 0 Å². The van der Waals surface area contributed by atoms with E-state index in [4.69, 9.17) is 4.74 Å². The van der Waals surface area contributed by atoms with Crippen molar-refractivity contribution in [1.82, 2.24) is 5.32 Å². The largest absolute Gasteiger partial charge is 0.378 e. The van der Waals surface area contributed by atoms with Gasteiger partial charge in [0.2, 0.25) is 0 Å². The highest BCUT2D eigenvalue weighted by atomic mass is 16.5. The van der Waals surface area contributed by atoms with Gasteiger partial charge < -0.3 is 15.0 Å². The van der Waals surface area contributed by atoms with Gasteiger partial charge in [-0.1, -0.05) is 13.3 Å². The minimum absolute atomic E-state index is 0.0134. The second kappa shape index (κ2) is 7.29. The van der Waals surface area contributed by atoms with Crippen LogP contribution in [0, 0.1) is 0 Å². The first-order valence-electron chi connectivity index (χ1n) is 7.44. The molecule has 0 saturated carbocycles. The predicted molar refractivity (Wildman–Crippen MR) is 81.3 cm³/mol. The minimum atomic E-state index is 0.0134. The first-order valence-corrected chi connectivity index (χ1v) is 7.44.